The summed E-state index contributed by atoms with van der Waals surface area (Å²) in [6.45, 7) is 1.76. The number of carbonyl (C=O) groups is 2. The highest BCUT2D eigenvalue weighted by Crippen LogP contribution is 2.30. The molecule has 11 heteroatoms. The first-order chi connectivity index (χ1) is 15.9. The first-order valence-electron chi connectivity index (χ1n) is 10.1. The standard InChI is InChI=1S/C22H20N6O5/c1-13-19-17(25-24-15-5-7-16(8-6-15)28(31)32)3-2-4-18(19)33-20(13)22(30)27-26-21(29)14-9-11-23-12-10-14/h5-12,24H,2-4H2,1H3,(H,26,29)(H,27,30)/b25-17+. The Hall–Kier alpha value is -4.54. The summed E-state index contributed by atoms with van der Waals surface area (Å²) in [5.74, 6) is -0.310. The Morgan fingerprint density at radius 3 is 2.45 bits per heavy atom. The van der Waals surface area contributed by atoms with E-state index in [0.717, 1.165) is 17.7 Å². The molecule has 11 nitrogen and oxygen atoms in total. The van der Waals surface area contributed by atoms with Crippen molar-refractivity contribution in [2.45, 2.75) is 26.2 Å². The number of nitro benzene ring substituents is 1. The van der Waals surface area contributed by atoms with Crippen molar-refractivity contribution < 1.29 is 18.9 Å². The average molecular weight is 448 g/mol. The van der Waals surface area contributed by atoms with E-state index in [2.05, 4.69) is 26.4 Å². The summed E-state index contributed by atoms with van der Waals surface area (Å²) < 4.78 is 5.80. The van der Waals surface area contributed by atoms with Crippen LogP contribution in [0.4, 0.5) is 11.4 Å². The lowest BCUT2D eigenvalue weighted by Crippen LogP contribution is -2.41. The minimum absolute atomic E-state index is 0.00879. The number of nitrogens with zero attached hydrogens (tertiary/aromatic N) is 3. The molecule has 0 radical (unpaired) electrons. The summed E-state index contributed by atoms with van der Waals surface area (Å²) in [6, 6.07) is 8.97. The molecule has 0 unspecified atom stereocenters. The molecular formula is C22H20N6O5. The number of hydrogen-bond donors (Lipinski definition) is 3. The third-order valence-electron chi connectivity index (χ3n) is 5.16. The zero-order valence-corrected chi connectivity index (χ0v) is 17.6. The summed E-state index contributed by atoms with van der Waals surface area (Å²) in [5.41, 5.74) is 10.7. The lowest BCUT2D eigenvalue weighted by atomic mass is 9.93. The number of nitrogens with one attached hydrogen (secondary N) is 3. The van der Waals surface area contributed by atoms with Gasteiger partial charge in [-0.3, -0.25) is 41.0 Å². The number of fused-ring (bicyclic) bond motifs is 1. The van der Waals surface area contributed by atoms with Crippen molar-refractivity contribution in [2.75, 3.05) is 5.43 Å². The molecule has 1 aliphatic rings. The van der Waals surface area contributed by atoms with Crippen LogP contribution in [-0.4, -0.2) is 27.4 Å². The van der Waals surface area contributed by atoms with Crippen molar-refractivity contribution in [3.8, 4) is 0 Å². The van der Waals surface area contributed by atoms with Crippen molar-refractivity contribution in [3.05, 3.63) is 87.1 Å². The SMILES string of the molecule is Cc1c(C(=O)NNC(=O)c2ccncc2)oc2c1/C(=N/Nc1ccc([N+](=O)[O-])cc1)CCC2. The number of amides is 2. The first kappa shape index (κ1) is 21.7. The van der Waals surface area contributed by atoms with Crippen molar-refractivity contribution >= 4 is 28.9 Å². The predicted octanol–water partition coefficient (Wildman–Crippen LogP) is 3.12. The quantitative estimate of drug-likeness (QED) is 0.400. The van der Waals surface area contributed by atoms with E-state index in [4.69, 9.17) is 4.42 Å². The fourth-order valence-electron chi connectivity index (χ4n) is 3.53. The van der Waals surface area contributed by atoms with E-state index < -0.39 is 16.7 Å². The molecule has 4 rings (SSSR count). The van der Waals surface area contributed by atoms with E-state index >= 15 is 0 Å². The lowest BCUT2D eigenvalue weighted by molar-refractivity contribution is -0.384. The molecular weight excluding hydrogens is 428 g/mol. The average Bonchev–Trinajstić information content (AvgIpc) is 3.19. The van der Waals surface area contributed by atoms with Crippen LogP contribution in [0.5, 0.6) is 0 Å². The molecule has 0 fully saturated rings. The molecule has 0 aliphatic heterocycles. The minimum Gasteiger partial charge on any atom is -0.455 e. The molecule has 33 heavy (non-hydrogen) atoms. The Morgan fingerprint density at radius 1 is 1.06 bits per heavy atom. The number of non-ortho nitro benzene ring substituents is 1. The number of aryl methyl sites for hydroxylation is 1. The topological polar surface area (TPSA) is 152 Å². The molecule has 3 aromatic rings. The maximum Gasteiger partial charge on any atom is 0.305 e. The van der Waals surface area contributed by atoms with E-state index in [-0.39, 0.29) is 11.4 Å². The van der Waals surface area contributed by atoms with Gasteiger partial charge >= 0.3 is 5.91 Å². The number of nitro groups is 1. The van der Waals surface area contributed by atoms with E-state index in [1.165, 1.54) is 36.7 Å². The van der Waals surface area contributed by atoms with Gasteiger partial charge in [0.15, 0.2) is 5.76 Å². The van der Waals surface area contributed by atoms with Crippen molar-refractivity contribution in [1.82, 2.24) is 15.8 Å². The van der Waals surface area contributed by atoms with Gasteiger partial charge in [-0.1, -0.05) is 0 Å². The number of hydrazone groups is 1. The second-order valence-corrected chi connectivity index (χ2v) is 7.33. The number of aromatic nitrogens is 1. The number of hydrazine groups is 1. The van der Waals surface area contributed by atoms with Gasteiger partial charge < -0.3 is 4.42 Å². The van der Waals surface area contributed by atoms with Crippen LogP contribution < -0.4 is 16.3 Å². The fraction of sp³-hybridized carbons (Fsp3) is 0.182. The van der Waals surface area contributed by atoms with Crippen LogP contribution in [0.2, 0.25) is 0 Å². The fourth-order valence-corrected chi connectivity index (χ4v) is 3.53. The van der Waals surface area contributed by atoms with Gasteiger partial charge in [0.05, 0.1) is 16.3 Å². The molecule has 2 heterocycles. The van der Waals surface area contributed by atoms with Gasteiger partial charge in [0, 0.05) is 47.6 Å². The molecule has 0 saturated carbocycles. The van der Waals surface area contributed by atoms with Crippen LogP contribution in [0.1, 0.15) is 50.6 Å². The zero-order chi connectivity index (χ0) is 23.4. The summed E-state index contributed by atoms with van der Waals surface area (Å²) in [6.07, 6.45) is 5.08. The molecule has 1 aliphatic carbocycles. The van der Waals surface area contributed by atoms with Gasteiger partial charge in [-0.15, -0.1) is 0 Å². The Labute approximate surface area is 188 Å². The molecule has 168 valence electrons. The van der Waals surface area contributed by atoms with Gasteiger partial charge in [-0.25, -0.2) is 0 Å². The number of pyridine rings is 1. The molecule has 0 bridgehead atoms. The number of carbonyl (C=O) groups excluding carboxylic acids is 2. The maximum atomic E-state index is 12.6. The molecule has 0 atom stereocenters. The minimum atomic E-state index is -0.577. The number of anilines is 1. The Bertz CT molecular complexity index is 1230. The van der Waals surface area contributed by atoms with E-state index in [1.807, 2.05) is 0 Å². The van der Waals surface area contributed by atoms with Crippen LogP contribution in [0, 0.1) is 17.0 Å². The molecule has 0 saturated heterocycles. The highest BCUT2D eigenvalue weighted by atomic mass is 16.6. The van der Waals surface area contributed by atoms with Crippen molar-refractivity contribution in [1.29, 1.82) is 0 Å². The Balaban J connectivity index is 1.48. The van der Waals surface area contributed by atoms with Gasteiger partial charge in [-0.2, -0.15) is 5.10 Å². The molecule has 2 amide bonds. The lowest BCUT2D eigenvalue weighted by Gasteiger charge is -2.13. The second-order valence-electron chi connectivity index (χ2n) is 7.33. The highest BCUT2D eigenvalue weighted by Gasteiger charge is 2.28. The number of furan rings is 1. The number of rotatable bonds is 5. The first-order valence-corrected chi connectivity index (χ1v) is 10.1. The van der Waals surface area contributed by atoms with Crippen LogP contribution in [0.3, 0.4) is 0 Å². The van der Waals surface area contributed by atoms with Gasteiger partial charge in [0.25, 0.3) is 11.6 Å². The zero-order valence-electron chi connectivity index (χ0n) is 17.6. The third kappa shape index (κ3) is 4.71. The summed E-state index contributed by atoms with van der Waals surface area (Å²) in [4.78, 5) is 39.0. The van der Waals surface area contributed by atoms with Crippen molar-refractivity contribution in [3.63, 3.8) is 0 Å². The Kier molecular flexibility index (Phi) is 6.11. The number of hydrogen-bond acceptors (Lipinski definition) is 8. The van der Waals surface area contributed by atoms with Gasteiger partial charge in [0.1, 0.15) is 5.76 Å². The third-order valence-corrected chi connectivity index (χ3v) is 5.16. The van der Waals surface area contributed by atoms with Crippen LogP contribution in [0.15, 0.2) is 58.3 Å². The normalized spacial score (nSPS) is 13.8. The van der Waals surface area contributed by atoms with Crippen LogP contribution in [0.25, 0.3) is 0 Å². The van der Waals surface area contributed by atoms with Gasteiger partial charge in [-0.05, 0) is 44.0 Å². The summed E-state index contributed by atoms with van der Waals surface area (Å²) in [5, 5.41) is 15.2. The van der Waals surface area contributed by atoms with E-state index in [1.54, 1.807) is 19.1 Å². The molecule has 2 aromatic heterocycles. The maximum absolute atomic E-state index is 12.6. The summed E-state index contributed by atoms with van der Waals surface area (Å²) in [7, 11) is 0. The highest BCUT2D eigenvalue weighted by molar-refractivity contribution is 6.07. The summed E-state index contributed by atoms with van der Waals surface area (Å²) >= 11 is 0. The number of benzene rings is 1. The van der Waals surface area contributed by atoms with Crippen LogP contribution in [-0.2, 0) is 6.42 Å². The van der Waals surface area contributed by atoms with E-state index in [0.29, 0.717) is 35.4 Å². The van der Waals surface area contributed by atoms with E-state index in [9.17, 15) is 19.7 Å². The largest absolute Gasteiger partial charge is 0.455 e. The van der Waals surface area contributed by atoms with Crippen LogP contribution >= 0.6 is 0 Å². The smallest absolute Gasteiger partial charge is 0.305 e. The second kappa shape index (κ2) is 9.30. The molecule has 3 N–H and O–H groups in total. The van der Waals surface area contributed by atoms with Gasteiger partial charge in [0.2, 0.25) is 0 Å². The molecule has 0 spiro atoms. The molecule has 1 aromatic carbocycles. The van der Waals surface area contributed by atoms with Crippen molar-refractivity contribution in [2.24, 2.45) is 5.10 Å². The predicted molar refractivity (Wildman–Crippen MR) is 119 cm³/mol. The monoisotopic (exact) mass is 448 g/mol. The Morgan fingerprint density at radius 2 is 1.76 bits per heavy atom.